The van der Waals surface area contributed by atoms with Gasteiger partial charge in [-0.15, -0.1) is 0 Å². The van der Waals surface area contributed by atoms with E-state index in [1.165, 1.54) is 0 Å². The third-order valence-corrected chi connectivity index (χ3v) is 0.549. The molecule has 0 rings (SSSR count). The Morgan fingerprint density at radius 3 is 2.25 bits per heavy atom. The molecule has 44 valence electrons. The Bertz CT molecular complexity index is 123. The minimum atomic E-state index is -0.578. The zero-order valence-electron chi connectivity index (χ0n) is 4.19. The van der Waals surface area contributed by atoms with E-state index in [1.807, 2.05) is 0 Å². The molecule has 0 radical (unpaired) electrons. The van der Waals surface area contributed by atoms with Crippen LogP contribution in [0.2, 0.25) is 0 Å². The molecule has 0 aromatic heterocycles. The van der Waals surface area contributed by atoms with Gasteiger partial charge in [-0.1, -0.05) is 13.2 Å². The lowest BCUT2D eigenvalue weighted by Gasteiger charge is -1.79. The van der Waals surface area contributed by atoms with Crippen LogP contribution in [0.25, 0.3) is 0 Å². The fourth-order valence-corrected chi connectivity index (χ4v) is 0.242. The zero-order valence-corrected chi connectivity index (χ0v) is 5.78. The number of nitrogens with zero attached hydrogens (tertiary/aromatic N) is 1. The number of rotatable bonds is 2. The summed E-state index contributed by atoms with van der Waals surface area (Å²) in [6.45, 7) is 6.29. The molecule has 8 heavy (non-hydrogen) atoms. The van der Waals surface area contributed by atoms with Gasteiger partial charge in [0.1, 0.15) is 5.83 Å². The largest absolute Gasteiger partial charge is 0.247 e. The van der Waals surface area contributed by atoms with Crippen LogP contribution in [0.4, 0.5) is 4.39 Å². The van der Waals surface area contributed by atoms with Gasteiger partial charge in [-0.3, -0.25) is 0 Å². The van der Waals surface area contributed by atoms with Crippen LogP contribution in [-0.2, 0) is 0 Å². The fourth-order valence-electron chi connectivity index (χ4n) is 0.140. The topological polar surface area (TPSA) is 12.4 Å². The number of aliphatic imine (C=N–C) groups is 1. The van der Waals surface area contributed by atoms with Gasteiger partial charge in [-0.05, 0) is 15.9 Å². The third kappa shape index (κ3) is 5.56. The summed E-state index contributed by atoms with van der Waals surface area (Å²) in [4.78, 5) is 3.45. The molecule has 3 heteroatoms. The first-order valence-corrected chi connectivity index (χ1v) is 2.65. The highest BCUT2D eigenvalue weighted by Gasteiger charge is 1.79. The molecule has 0 aliphatic carbocycles. The molecule has 0 amide bonds. The molecule has 0 aliphatic rings. The number of allylic oxidation sites excluding steroid dienone is 1. The quantitative estimate of drug-likeness (QED) is 0.454. The number of halogens is 2. The minimum absolute atomic E-state index is 0.385. The molecule has 0 unspecified atom stereocenters. The molecule has 0 aromatic rings. The van der Waals surface area contributed by atoms with Gasteiger partial charge < -0.3 is 0 Å². The van der Waals surface area contributed by atoms with Crippen molar-refractivity contribution in [2.75, 3.05) is 0 Å². The van der Waals surface area contributed by atoms with Gasteiger partial charge in [0.25, 0.3) is 0 Å². The van der Waals surface area contributed by atoms with Gasteiger partial charge in [0, 0.05) is 0 Å². The van der Waals surface area contributed by atoms with E-state index in [1.54, 1.807) is 0 Å². The third-order valence-electron chi connectivity index (χ3n) is 0.345. The standard InChI is InChI=1S/C5H5BrFN/c1-4(7)3-8-5(2)6/h3H,1-2H2. The first-order chi connectivity index (χ1) is 3.63. The zero-order chi connectivity index (χ0) is 6.57. The Kier molecular flexibility index (Phi) is 3.35. The van der Waals surface area contributed by atoms with Gasteiger partial charge in [0.05, 0.1) is 10.8 Å². The van der Waals surface area contributed by atoms with Crippen molar-refractivity contribution in [1.29, 1.82) is 0 Å². The summed E-state index contributed by atoms with van der Waals surface area (Å²) in [7, 11) is 0. The highest BCUT2D eigenvalue weighted by atomic mass is 79.9. The second-order valence-corrected chi connectivity index (χ2v) is 2.00. The highest BCUT2D eigenvalue weighted by molar-refractivity contribution is 9.11. The lowest BCUT2D eigenvalue weighted by atomic mass is 10.7. The summed E-state index contributed by atoms with van der Waals surface area (Å²) in [6.07, 6.45) is 0.983. The van der Waals surface area contributed by atoms with Crippen molar-refractivity contribution in [3.63, 3.8) is 0 Å². The van der Waals surface area contributed by atoms with E-state index in [-0.39, 0.29) is 0 Å². The maximum atomic E-state index is 11.7. The van der Waals surface area contributed by atoms with Crippen LogP contribution in [0, 0.1) is 0 Å². The van der Waals surface area contributed by atoms with Crippen LogP contribution in [0.5, 0.6) is 0 Å². The molecule has 0 saturated carbocycles. The summed E-state index contributed by atoms with van der Waals surface area (Å²) in [5.74, 6) is -0.578. The van der Waals surface area contributed by atoms with E-state index in [4.69, 9.17) is 0 Å². The van der Waals surface area contributed by atoms with E-state index < -0.39 is 5.83 Å². The SMILES string of the molecule is C=C(F)C=NC(=C)Br. The van der Waals surface area contributed by atoms with Gasteiger partial charge >= 0.3 is 0 Å². The van der Waals surface area contributed by atoms with E-state index in [9.17, 15) is 4.39 Å². The van der Waals surface area contributed by atoms with E-state index in [2.05, 4.69) is 34.1 Å². The maximum absolute atomic E-state index is 11.7. The van der Waals surface area contributed by atoms with E-state index in [0.29, 0.717) is 4.61 Å². The van der Waals surface area contributed by atoms with Crippen molar-refractivity contribution < 1.29 is 4.39 Å². The fraction of sp³-hybridized carbons (Fsp3) is 0. The molecule has 0 spiro atoms. The second-order valence-electron chi connectivity index (χ2n) is 1.08. The average Bonchev–Trinajstić information content (AvgIpc) is 1.61. The summed E-state index contributed by atoms with van der Waals surface area (Å²) >= 11 is 2.90. The minimum Gasteiger partial charge on any atom is -0.247 e. The van der Waals surface area contributed by atoms with Crippen LogP contribution >= 0.6 is 15.9 Å². The first kappa shape index (κ1) is 7.56. The van der Waals surface area contributed by atoms with Gasteiger partial charge in [-0.25, -0.2) is 9.38 Å². The Labute approximate surface area is 55.7 Å². The van der Waals surface area contributed by atoms with Crippen LogP contribution in [0.1, 0.15) is 0 Å². The van der Waals surface area contributed by atoms with Crippen LogP contribution in [0.15, 0.2) is 28.6 Å². The van der Waals surface area contributed by atoms with Gasteiger partial charge in [0.2, 0.25) is 0 Å². The molecule has 0 heterocycles. The smallest absolute Gasteiger partial charge is 0.134 e. The van der Waals surface area contributed by atoms with Crippen LogP contribution in [0.3, 0.4) is 0 Å². The van der Waals surface area contributed by atoms with E-state index in [0.717, 1.165) is 6.21 Å². The number of hydrogen-bond acceptors (Lipinski definition) is 1. The molecular formula is C5H5BrFN. The first-order valence-electron chi connectivity index (χ1n) is 1.86. The molecule has 0 saturated heterocycles. The Hall–Kier alpha value is -0.440. The summed E-state index contributed by atoms with van der Waals surface area (Å²) in [5, 5.41) is 0. The van der Waals surface area contributed by atoms with Crippen molar-refractivity contribution in [3.05, 3.63) is 23.6 Å². The summed E-state index contributed by atoms with van der Waals surface area (Å²) in [5.41, 5.74) is 0. The van der Waals surface area contributed by atoms with Crippen molar-refractivity contribution in [2.45, 2.75) is 0 Å². The predicted molar refractivity (Wildman–Crippen MR) is 36.8 cm³/mol. The molecule has 0 bridgehead atoms. The van der Waals surface area contributed by atoms with Crippen molar-refractivity contribution in [3.8, 4) is 0 Å². The van der Waals surface area contributed by atoms with Crippen molar-refractivity contribution >= 4 is 22.1 Å². The monoisotopic (exact) mass is 177 g/mol. The van der Waals surface area contributed by atoms with Crippen LogP contribution in [-0.4, -0.2) is 6.21 Å². The lowest BCUT2D eigenvalue weighted by Crippen LogP contribution is -1.68. The molecule has 0 aromatic carbocycles. The molecular weight excluding hydrogens is 173 g/mol. The van der Waals surface area contributed by atoms with Crippen LogP contribution < -0.4 is 0 Å². The Morgan fingerprint density at radius 1 is 1.62 bits per heavy atom. The molecule has 0 aliphatic heterocycles. The van der Waals surface area contributed by atoms with Gasteiger partial charge in [0.15, 0.2) is 0 Å². The summed E-state index contributed by atoms with van der Waals surface area (Å²) in [6, 6.07) is 0. The molecule has 0 N–H and O–H groups in total. The second kappa shape index (κ2) is 3.55. The summed E-state index contributed by atoms with van der Waals surface area (Å²) < 4.78 is 12.0. The van der Waals surface area contributed by atoms with Crippen molar-refractivity contribution in [2.24, 2.45) is 4.99 Å². The molecule has 0 fully saturated rings. The number of hydrogen-bond donors (Lipinski definition) is 0. The molecule has 0 atom stereocenters. The average molecular weight is 178 g/mol. The molecule has 1 nitrogen and oxygen atoms in total. The van der Waals surface area contributed by atoms with Crippen molar-refractivity contribution in [1.82, 2.24) is 0 Å². The lowest BCUT2D eigenvalue weighted by molar-refractivity contribution is 0.690. The van der Waals surface area contributed by atoms with E-state index >= 15 is 0 Å². The predicted octanol–water partition coefficient (Wildman–Crippen LogP) is 2.41. The van der Waals surface area contributed by atoms with Gasteiger partial charge in [-0.2, -0.15) is 0 Å². The highest BCUT2D eigenvalue weighted by Crippen LogP contribution is 2.00. The Morgan fingerprint density at radius 2 is 2.12 bits per heavy atom. The Balaban J connectivity index is 3.67. The maximum Gasteiger partial charge on any atom is 0.134 e. The normalized spacial score (nSPS) is 9.75.